The van der Waals surface area contributed by atoms with Crippen LogP contribution in [0.2, 0.25) is 5.15 Å². The molecule has 0 aromatic carbocycles. The molecule has 18 heavy (non-hydrogen) atoms. The summed E-state index contributed by atoms with van der Waals surface area (Å²) in [7, 11) is 0. The van der Waals surface area contributed by atoms with Crippen LogP contribution in [-0.2, 0) is 10.2 Å². The highest BCUT2D eigenvalue weighted by Gasteiger charge is 2.19. The summed E-state index contributed by atoms with van der Waals surface area (Å²) in [4.78, 5) is 8.78. The monoisotopic (exact) mass is 270 g/mol. The fraction of sp³-hybridized carbons (Fsp3) is 0.667. The number of halogens is 1. The number of ether oxygens (including phenoxy) is 1. The summed E-state index contributed by atoms with van der Waals surface area (Å²) in [6.45, 7) is 9.35. The molecule has 1 aromatic rings. The van der Waals surface area contributed by atoms with Crippen LogP contribution >= 0.6 is 11.6 Å². The third-order valence-electron chi connectivity index (χ3n) is 2.65. The van der Waals surface area contributed by atoms with E-state index in [-0.39, 0.29) is 5.41 Å². The van der Waals surface area contributed by atoms with Gasteiger partial charge in [-0.25, -0.2) is 15.0 Å². The lowest BCUT2D eigenvalue weighted by Gasteiger charge is -2.28. The Hall–Kier alpha value is -0.910. The smallest absolute Gasteiger partial charge is 0.145 e. The molecule has 0 unspecified atom stereocenters. The summed E-state index contributed by atoms with van der Waals surface area (Å²) in [6.07, 6.45) is 0. The van der Waals surface area contributed by atoms with Crippen LogP contribution in [0.5, 0.6) is 0 Å². The zero-order valence-corrected chi connectivity index (χ0v) is 11.8. The Morgan fingerprint density at radius 3 is 2.56 bits per heavy atom. The molecule has 1 aliphatic heterocycles. The van der Waals surface area contributed by atoms with Crippen LogP contribution in [0, 0.1) is 0 Å². The molecule has 0 saturated carbocycles. The van der Waals surface area contributed by atoms with E-state index in [1.807, 2.05) is 0 Å². The normalized spacial score (nSPS) is 17.8. The topological polar surface area (TPSA) is 50.3 Å². The van der Waals surface area contributed by atoms with Gasteiger partial charge in [0.2, 0.25) is 0 Å². The summed E-state index contributed by atoms with van der Waals surface area (Å²) in [6, 6.07) is 1.74. The Bertz CT molecular complexity index is 413. The number of anilines is 1. The standard InChI is InChI=1S/C12H19ClN4O/c1-12(2,3)11-14-9(13)8-10(15-11)16-17-4-6-18-7-5-17/h8H,4-7H2,1-3H3,(H,14,15,16). The van der Waals surface area contributed by atoms with E-state index < -0.39 is 0 Å². The Morgan fingerprint density at radius 1 is 1.28 bits per heavy atom. The zero-order chi connectivity index (χ0) is 13.2. The van der Waals surface area contributed by atoms with Crippen molar-refractivity contribution in [2.75, 3.05) is 31.7 Å². The summed E-state index contributed by atoms with van der Waals surface area (Å²) in [5, 5.41) is 2.54. The van der Waals surface area contributed by atoms with Crippen LogP contribution in [-0.4, -0.2) is 41.3 Å². The van der Waals surface area contributed by atoms with Gasteiger partial charge in [-0.1, -0.05) is 32.4 Å². The molecule has 5 nitrogen and oxygen atoms in total. The average Bonchev–Trinajstić information content (AvgIpc) is 2.28. The first-order valence-electron chi connectivity index (χ1n) is 6.09. The fourth-order valence-corrected chi connectivity index (χ4v) is 1.83. The quantitative estimate of drug-likeness (QED) is 0.834. The van der Waals surface area contributed by atoms with Crippen molar-refractivity contribution in [3.63, 3.8) is 0 Å². The van der Waals surface area contributed by atoms with Gasteiger partial charge in [-0.05, 0) is 0 Å². The van der Waals surface area contributed by atoms with Gasteiger partial charge in [-0.3, -0.25) is 0 Å². The Balaban J connectivity index is 2.14. The number of morpholine rings is 1. The van der Waals surface area contributed by atoms with E-state index in [1.165, 1.54) is 0 Å². The van der Waals surface area contributed by atoms with Crippen LogP contribution < -0.4 is 5.43 Å². The predicted molar refractivity (Wildman–Crippen MR) is 71.8 cm³/mol. The third-order valence-corrected chi connectivity index (χ3v) is 2.84. The highest BCUT2D eigenvalue weighted by molar-refractivity contribution is 6.29. The average molecular weight is 271 g/mol. The van der Waals surface area contributed by atoms with Gasteiger partial charge in [-0.2, -0.15) is 0 Å². The molecule has 100 valence electrons. The Morgan fingerprint density at radius 2 is 1.94 bits per heavy atom. The maximum absolute atomic E-state index is 6.04. The van der Waals surface area contributed by atoms with Gasteiger partial charge in [0.25, 0.3) is 0 Å². The van der Waals surface area contributed by atoms with Crippen molar-refractivity contribution in [1.29, 1.82) is 0 Å². The molecule has 0 radical (unpaired) electrons. The number of nitrogens with zero attached hydrogens (tertiary/aromatic N) is 3. The van der Waals surface area contributed by atoms with Crippen molar-refractivity contribution in [2.45, 2.75) is 26.2 Å². The van der Waals surface area contributed by atoms with Gasteiger partial charge in [0.05, 0.1) is 13.2 Å². The van der Waals surface area contributed by atoms with Crippen LogP contribution in [0.4, 0.5) is 5.82 Å². The second kappa shape index (κ2) is 5.38. The minimum absolute atomic E-state index is 0.119. The van der Waals surface area contributed by atoms with Gasteiger partial charge in [-0.15, -0.1) is 0 Å². The van der Waals surface area contributed by atoms with E-state index in [4.69, 9.17) is 16.3 Å². The lowest BCUT2D eigenvalue weighted by molar-refractivity contribution is 0.0494. The molecule has 0 spiro atoms. The molecule has 2 rings (SSSR count). The van der Waals surface area contributed by atoms with Crippen molar-refractivity contribution in [3.05, 3.63) is 17.0 Å². The van der Waals surface area contributed by atoms with Gasteiger partial charge < -0.3 is 10.2 Å². The second-order valence-corrected chi connectivity index (χ2v) is 5.75. The van der Waals surface area contributed by atoms with Crippen molar-refractivity contribution < 1.29 is 4.74 Å². The lowest BCUT2D eigenvalue weighted by atomic mass is 9.96. The Kier molecular flexibility index (Phi) is 4.04. The predicted octanol–water partition coefficient (Wildman–Crippen LogP) is 2.09. The number of hydrazine groups is 1. The first-order chi connectivity index (χ1) is 8.45. The zero-order valence-electron chi connectivity index (χ0n) is 11.0. The molecule has 0 aliphatic carbocycles. The molecule has 1 N–H and O–H groups in total. The lowest BCUT2D eigenvalue weighted by Crippen LogP contribution is -2.40. The summed E-state index contributed by atoms with van der Waals surface area (Å²) < 4.78 is 5.30. The van der Waals surface area contributed by atoms with E-state index in [9.17, 15) is 0 Å². The van der Waals surface area contributed by atoms with Crippen molar-refractivity contribution in [3.8, 4) is 0 Å². The number of aromatic nitrogens is 2. The van der Waals surface area contributed by atoms with E-state index in [0.29, 0.717) is 5.15 Å². The van der Waals surface area contributed by atoms with Gasteiger partial charge >= 0.3 is 0 Å². The Labute approximate surface area is 112 Å². The van der Waals surface area contributed by atoms with Crippen LogP contribution in [0.3, 0.4) is 0 Å². The molecular weight excluding hydrogens is 252 g/mol. The maximum atomic E-state index is 6.04. The summed E-state index contributed by atoms with van der Waals surface area (Å²) in [5.74, 6) is 1.48. The number of hydrogen-bond donors (Lipinski definition) is 1. The third kappa shape index (κ3) is 3.54. The molecule has 1 fully saturated rings. The van der Waals surface area contributed by atoms with E-state index in [0.717, 1.165) is 37.9 Å². The largest absolute Gasteiger partial charge is 0.379 e. The summed E-state index contributed by atoms with van der Waals surface area (Å²) >= 11 is 6.04. The number of rotatable bonds is 2. The van der Waals surface area contributed by atoms with Crippen molar-refractivity contribution >= 4 is 17.4 Å². The van der Waals surface area contributed by atoms with Gasteiger partial charge in [0.1, 0.15) is 16.8 Å². The fourth-order valence-electron chi connectivity index (χ4n) is 1.65. The SMILES string of the molecule is CC(C)(C)c1nc(Cl)cc(NN2CCOCC2)n1. The maximum Gasteiger partial charge on any atom is 0.145 e. The molecule has 6 heteroatoms. The highest BCUT2D eigenvalue weighted by Crippen LogP contribution is 2.22. The first kappa shape index (κ1) is 13.5. The highest BCUT2D eigenvalue weighted by atomic mass is 35.5. The van der Waals surface area contributed by atoms with Crippen molar-refractivity contribution in [2.24, 2.45) is 0 Å². The minimum atomic E-state index is -0.119. The van der Waals surface area contributed by atoms with E-state index in [2.05, 4.69) is 41.2 Å². The van der Waals surface area contributed by atoms with Gasteiger partial charge in [0, 0.05) is 24.6 Å². The van der Waals surface area contributed by atoms with Crippen LogP contribution in [0.15, 0.2) is 6.07 Å². The molecule has 1 aromatic heterocycles. The van der Waals surface area contributed by atoms with Crippen LogP contribution in [0.1, 0.15) is 26.6 Å². The summed E-state index contributed by atoms with van der Waals surface area (Å²) in [5.41, 5.74) is 3.13. The molecule has 0 atom stereocenters. The number of nitrogens with one attached hydrogen (secondary N) is 1. The molecule has 1 saturated heterocycles. The van der Waals surface area contributed by atoms with Crippen molar-refractivity contribution in [1.82, 2.24) is 15.0 Å². The van der Waals surface area contributed by atoms with E-state index in [1.54, 1.807) is 6.07 Å². The first-order valence-corrected chi connectivity index (χ1v) is 6.47. The van der Waals surface area contributed by atoms with Gasteiger partial charge in [0.15, 0.2) is 0 Å². The van der Waals surface area contributed by atoms with E-state index >= 15 is 0 Å². The second-order valence-electron chi connectivity index (χ2n) is 5.36. The molecule has 2 heterocycles. The molecule has 1 aliphatic rings. The number of hydrogen-bond acceptors (Lipinski definition) is 5. The minimum Gasteiger partial charge on any atom is -0.379 e. The van der Waals surface area contributed by atoms with Crippen LogP contribution in [0.25, 0.3) is 0 Å². The molecule has 0 amide bonds. The molecule has 0 bridgehead atoms. The molecular formula is C12H19ClN4O.